The Bertz CT molecular complexity index is 1810. The van der Waals surface area contributed by atoms with Crippen molar-refractivity contribution >= 4 is 39.5 Å². The highest BCUT2D eigenvalue weighted by molar-refractivity contribution is 7.87. The van der Waals surface area contributed by atoms with Crippen molar-refractivity contribution in [3.8, 4) is 0 Å². The zero-order valence-corrected chi connectivity index (χ0v) is 39.3. The molecular formula is C47H77N5O7S. The van der Waals surface area contributed by atoms with Crippen molar-refractivity contribution in [1.29, 1.82) is 0 Å². The van der Waals surface area contributed by atoms with Crippen LogP contribution in [-0.2, 0) is 34.2 Å². The van der Waals surface area contributed by atoms with E-state index >= 15 is 4.79 Å². The first-order valence-corrected chi connectivity index (χ1v) is 24.7. The third-order valence-electron chi connectivity index (χ3n) is 17.2. The normalized spacial score (nSPS) is 31.2. The maximum Gasteiger partial charge on any atom is 0.303 e. The van der Waals surface area contributed by atoms with E-state index in [0.29, 0.717) is 19.4 Å². The second-order valence-electron chi connectivity index (χ2n) is 22.0. The molecule has 6 aliphatic rings. The van der Waals surface area contributed by atoms with Crippen LogP contribution in [0.4, 0.5) is 0 Å². The summed E-state index contributed by atoms with van der Waals surface area (Å²) in [5.74, 6) is -2.56. The number of Topliss-reactive ketones (excluding diaryl/α,β-unsaturated/α-hetero) is 2. The zero-order valence-electron chi connectivity index (χ0n) is 38.5. The first-order chi connectivity index (χ1) is 27.9. The average Bonchev–Trinajstić information content (AvgIpc) is 3.89. The van der Waals surface area contributed by atoms with Crippen LogP contribution in [0.1, 0.15) is 159 Å². The third kappa shape index (κ3) is 8.07. The zero-order chi connectivity index (χ0) is 44.4. The van der Waals surface area contributed by atoms with Gasteiger partial charge in [0.05, 0.1) is 23.5 Å². The Kier molecular flexibility index (Phi) is 13.1. The lowest BCUT2D eigenvalue weighted by molar-refractivity contribution is -0.147. The lowest BCUT2D eigenvalue weighted by Gasteiger charge is -2.40. The van der Waals surface area contributed by atoms with Crippen LogP contribution >= 0.6 is 0 Å². The molecule has 0 unspecified atom stereocenters. The molecule has 4 saturated carbocycles. The number of likely N-dealkylation sites (tertiary alicyclic amines) is 2. The maximum absolute atomic E-state index is 15.4. The summed E-state index contributed by atoms with van der Waals surface area (Å²) >= 11 is 0. The molecule has 6 fully saturated rings. The van der Waals surface area contributed by atoms with Gasteiger partial charge >= 0.3 is 10.2 Å². The van der Waals surface area contributed by atoms with E-state index in [-0.39, 0.29) is 82.4 Å². The number of carbonyl (C=O) groups is 5. The van der Waals surface area contributed by atoms with E-state index in [1.807, 2.05) is 20.8 Å². The number of nitrogens with zero attached hydrogens (tertiary/aromatic N) is 3. The SMILES string of the molecule is C=C[C@@H]1C[C@]1(CC(=O)[C@@H]1C[C@@]2(CN1C(=O)[C@@H](CC(=O)[C@@H](NC(=O)[C@H]1CCCCN1C(C)C)C1CCCCC1)C(C)(C)C)C(C)(C)C21CCC1)C(=O)NS(=O)(=O)N(C)C(C)C. The van der Waals surface area contributed by atoms with Crippen LogP contribution in [0.2, 0.25) is 0 Å². The van der Waals surface area contributed by atoms with Crippen molar-refractivity contribution in [3.05, 3.63) is 12.7 Å². The van der Waals surface area contributed by atoms with Crippen molar-refractivity contribution in [2.45, 2.75) is 189 Å². The molecule has 7 atom stereocenters. The smallest absolute Gasteiger partial charge is 0.303 e. The molecule has 0 aromatic carbocycles. The quantitative estimate of drug-likeness (QED) is 0.165. The van der Waals surface area contributed by atoms with Gasteiger partial charge in [0.2, 0.25) is 17.7 Å². The Morgan fingerprint density at radius 2 is 1.52 bits per heavy atom. The molecule has 60 heavy (non-hydrogen) atoms. The van der Waals surface area contributed by atoms with E-state index in [4.69, 9.17) is 0 Å². The van der Waals surface area contributed by atoms with Crippen LogP contribution in [0.5, 0.6) is 0 Å². The number of nitrogens with one attached hydrogen (secondary N) is 2. The number of allylic oxidation sites excluding steroid dienone is 1. The molecule has 338 valence electrons. The van der Waals surface area contributed by atoms with Crippen molar-refractivity contribution in [2.24, 2.45) is 44.8 Å². The molecule has 13 heteroatoms. The highest BCUT2D eigenvalue weighted by Gasteiger charge is 2.85. The van der Waals surface area contributed by atoms with E-state index in [2.05, 4.69) is 49.2 Å². The van der Waals surface area contributed by atoms with E-state index in [0.717, 1.165) is 81.5 Å². The molecule has 2 spiro atoms. The second kappa shape index (κ2) is 16.8. The third-order valence-corrected chi connectivity index (χ3v) is 18.8. The molecule has 2 heterocycles. The minimum Gasteiger partial charge on any atom is -0.345 e. The molecule has 0 bridgehead atoms. The molecule has 0 radical (unpaired) electrons. The summed E-state index contributed by atoms with van der Waals surface area (Å²) in [7, 11) is -2.75. The van der Waals surface area contributed by atoms with Gasteiger partial charge in [-0.3, -0.25) is 28.9 Å². The molecule has 2 saturated heterocycles. The Morgan fingerprint density at radius 3 is 2.03 bits per heavy atom. The van der Waals surface area contributed by atoms with Gasteiger partial charge in [0.25, 0.3) is 0 Å². The number of hydrogen-bond acceptors (Lipinski definition) is 8. The molecule has 6 rings (SSSR count). The van der Waals surface area contributed by atoms with Gasteiger partial charge in [-0.05, 0) is 114 Å². The van der Waals surface area contributed by atoms with Crippen LogP contribution in [0.15, 0.2) is 12.7 Å². The summed E-state index contributed by atoms with van der Waals surface area (Å²) in [4.78, 5) is 77.2. The van der Waals surface area contributed by atoms with Crippen molar-refractivity contribution in [3.63, 3.8) is 0 Å². The summed E-state index contributed by atoms with van der Waals surface area (Å²) in [5.41, 5.74) is -2.29. The number of carbonyl (C=O) groups excluding carboxylic acids is 5. The van der Waals surface area contributed by atoms with Gasteiger partial charge in [0.1, 0.15) is 0 Å². The minimum absolute atomic E-state index is 0.0000418. The Labute approximate surface area is 361 Å². The van der Waals surface area contributed by atoms with E-state index < -0.39 is 44.9 Å². The molecular weight excluding hydrogens is 779 g/mol. The number of fused-ring (bicyclic) bond motifs is 1. The lowest BCUT2D eigenvalue weighted by Crippen LogP contribution is -2.57. The first kappa shape index (κ1) is 46.9. The molecule has 2 aliphatic heterocycles. The van der Waals surface area contributed by atoms with E-state index in [1.165, 1.54) is 7.05 Å². The number of amides is 3. The maximum atomic E-state index is 15.4. The van der Waals surface area contributed by atoms with Crippen molar-refractivity contribution in [2.75, 3.05) is 20.1 Å². The monoisotopic (exact) mass is 856 g/mol. The highest BCUT2D eigenvalue weighted by Crippen LogP contribution is 2.88. The van der Waals surface area contributed by atoms with Gasteiger partial charge in [0.15, 0.2) is 11.6 Å². The highest BCUT2D eigenvalue weighted by atomic mass is 32.2. The Morgan fingerprint density at radius 1 is 0.883 bits per heavy atom. The fourth-order valence-corrected chi connectivity index (χ4v) is 13.8. The Hall–Kier alpha value is -2.64. The molecule has 2 N–H and O–H groups in total. The Balaban J connectivity index is 1.28. The molecule has 0 aromatic heterocycles. The van der Waals surface area contributed by atoms with Crippen LogP contribution in [0.25, 0.3) is 0 Å². The predicted molar refractivity (Wildman–Crippen MR) is 233 cm³/mol. The van der Waals surface area contributed by atoms with Gasteiger partial charge in [-0.25, -0.2) is 4.72 Å². The molecule has 0 aromatic rings. The molecule has 12 nitrogen and oxygen atoms in total. The fourth-order valence-electron chi connectivity index (χ4n) is 12.6. The van der Waals surface area contributed by atoms with Crippen molar-refractivity contribution < 1.29 is 32.4 Å². The standard InChI is InChI=1S/C47H77N5O7S/c1-12-33-26-45(33,42(57)49-60(58,59)50(11)30(2)3)28-38(54)36-27-47(44(9,10)46(47)22-18-23-46)29-52(36)41(56)34(43(6,7)8)25-37(53)39(32-19-14-13-15-20-32)48-40(55)35-21-16-17-24-51(35)31(4)5/h12,30-36,39H,1,13-29H2,2-11H3,(H,48,55)(H,49,57)/t33-,34-,35-,36+,39+,45-,47-/m1/s1. The average molecular weight is 856 g/mol. The van der Waals surface area contributed by atoms with Crippen LogP contribution in [0.3, 0.4) is 0 Å². The minimum atomic E-state index is -4.16. The number of ketones is 2. The summed E-state index contributed by atoms with van der Waals surface area (Å²) in [5, 5.41) is 3.27. The van der Waals surface area contributed by atoms with Crippen LogP contribution in [0, 0.1) is 44.8 Å². The fraction of sp³-hybridized carbons (Fsp3) is 0.851. The van der Waals surface area contributed by atoms with Gasteiger partial charge in [0, 0.05) is 49.9 Å². The summed E-state index contributed by atoms with van der Waals surface area (Å²) in [6, 6.07) is -1.98. The number of rotatable bonds is 16. The van der Waals surface area contributed by atoms with Crippen LogP contribution in [-0.4, -0.2) is 102 Å². The largest absolute Gasteiger partial charge is 0.345 e. The second-order valence-corrected chi connectivity index (χ2v) is 23.8. The molecule has 4 aliphatic carbocycles. The van der Waals surface area contributed by atoms with Gasteiger partial charge < -0.3 is 10.2 Å². The summed E-state index contributed by atoms with van der Waals surface area (Å²) < 4.78 is 29.7. The number of piperidine rings is 1. The number of hydrogen-bond donors (Lipinski definition) is 2. The lowest BCUT2D eigenvalue weighted by atomic mass is 9.73. The van der Waals surface area contributed by atoms with Crippen LogP contribution < -0.4 is 10.0 Å². The van der Waals surface area contributed by atoms with Gasteiger partial charge in [-0.1, -0.05) is 72.8 Å². The summed E-state index contributed by atoms with van der Waals surface area (Å²) in [6.45, 7) is 23.3. The summed E-state index contributed by atoms with van der Waals surface area (Å²) in [6.07, 6.45) is 12.9. The van der Waals surface area contributed by atoms with E-state index in [1.54, 1.807) is 24.8 Å². The van der Waals surface area contributed by atoms with Crippen molar-refractivity contribution in [1.82, 2.24) is 24.1 Å². The first-order valence-electron chi connectivity index (χ1n) is 23.3. The van der Waals surface area contributed by atoms with Gasteiger partial charge in [-0.15, -0.1) is 6.58 Å². The molecule has 3 amide bonds. The van der Waals surface area contributed by atoms with E-state index in [9.17, 15) is 27.6 Å². The predicted octanol–water partition coefficient (Wildman–Crippen LogP) is 6.59. The van der Waals surface area contributed by atoms with Gasteiger partial charge in [-0.2, -0.15) is 12.7 Å². The topological polar surface area (TPSA) is 153 Å².